The van der Waals surface area contributed by atoms with Crippen LogP contribution in [-0.2, 0) is 9.59 Å². The molecule has 1 heterocycles. The second-order valence-electron chi connectivity index (χ2n) is 5.84. The molecule has 3 rings (SSSR count). The second kappa shape index (κ2) is 7.89. The number of carbonyl (C=O) groups is 2. The third-order valence-corrected chi connectivity index (χ3v) is 6.11. The van der Waals surface area contributed by atoms with Crippen LogP contribution in [0.15, 0.2) is 22.5 Å². The van der Waals surface area contributed by atoms with E-state index in [1.165, 1.54) is 42.2 Å². The lowest BCUT2D eigenvalue weighted by molar-refractivity contribution is -0.117. The predicted molar refractivity (Wildman–Crippen MR) is 101 cm³/mol. The quantitative estimate of drug-likeness (QED) is 0.571. The van der Waals surface area contributed by atoms with Crippen LogP contribution < -0.4 is 10.2 Å². The zero-order valence-electron chi connectivity index (χ0n) is 14.0. The van der Waals surface area contributed by atoms with Gasteiger partial charge in [-0.15, -0.1) is 10.2 Å². The van der Waals surface area contributed by atoms with E-state index < -0.39 is 11.1 Å². The van der Waals surface area contributed by atoms with Gasteiger partial charge in [0.1, 0.15) is 5.82 Å². The molecule has 26 heavy (non-hydrogen) atoms. The van der Waals surface area contributed by atoms with Gasteiger partial charge in [0, 0.05) is 13.0 Å². The van der Waals surface area contributed by atoms with Gasteiger partial charge in [-0.3, -0.25) is 14.5 Å². The number of rotatable bonds is 6. The summed E-state index contributed by atoms with van der Waals surface area (Å²) in [6, 6.07) is 3.99. The van der Waals surface area contributed by atoms with Crippen molar-refractivity contribution in [3.63, 3.8) is 0 Å². The molecule has 1 saturated carbocycles. The molecular formula is C16H16ClFN4O2S2. The average Bonchev–Trinajstić information content (AvgIpc) is 3.29. The van der Waals surface area contributed by atoms with Crippen LogP contribution in [0.5, 0.6) is 0 Å². The van der Waals surface area contributed by atoms with Crippen LogP contribution in [0, 0.1) is 5.82 Å². The number of nitrogens with zero attached hydrogens (tertiary/aromatic N) is 3. The van der Waals surface area contributed by atoms with Crippen LogP contribution in [0.4, 0.5) is 15.2 Å². The van der Waals surface area contributed by atoms with Gasteiger partial charge in [0.2, 0.25) is 16.9 Å². The lowest BCUT2D eigenvalue weighted by Gasteiger charge is -2.15. The third kappa shape index (κ3) is 4.52. The number of nitrogens with one attached hydrogen (secondary N) is 1. The maximum atomic E-state index is 13.1. The van der Waals surface area contributed by atoms with Gasteiger partial charge in [-0.25, -0.2) is 4.39 Å². The first kappa shape index (κ1) is 19.1. The highest BCUT2D eigenvalue weighted by molar-refractivity contribution is 8.02. The Kier molecular flexibility index (Phi) is 5.79. The minimum Gasteiger partial charge on any atom is -0.324 e. The number of benzene rings is 1. The Labute approximate surface area is 163 Å². The zero-order valence-corrected chi connectivity index (χ0v) is 16.4. The zero-order chi connectivity index (χ0) is 18.8. The Morgan fingerprint density at radius 2 is 2.15 bits per heavy atom. The van der Waals surface area contributed by atoms with Crippen molar-refractivity contribution >= 4 is 57.3 Å². The van der Waals surface area contributed by atoms with Crippen LogP contribution in [0.25, 0.3) is 0 Å². The number of amides is 2. The average molecular weight is 415 g/mol. The summed E-state index contributed by atoms with van der Waals surface area (Å²) < 4.78 is 13.7. The molecule has 1 aliphatic rings. The van der Waals surface area contributed by atoms with Crippen molar-refractivity contribution in [3.05, 3.63) is 29.0 Å². The summed E-state index contributed by atoms with van der Waals surface area (Å²) in [4.78, 5) is 25.8. The molecule has 0 saturated heterocycles. The smallest absolute Gasteiger partial charge is 0.237 e. The summed E-state index contributed by atoms with van der Waals surface area (Å²) in [5.41, 5.74) is 0.347. The van der Waals surface area contributed by atoms with Gasteiger partial charge in [0.15, 0.2) is 4.34 Å². The van der Waals surface area contributed by atoms with Crippen molar-refractivity contribution in [1.29, 1.82) is 0 Å². The van der Waals surface area contributed by atoms with Gasteiger partial charge in [0.25, 0.3) is 0 Å². The Balaban J connectivity index is 1.63. The summed E-state index contributed by atoms with van der Waals surface area (Å²) in [5, 5.41) is 11.0. The molecule has 2 aromatic rings. The monoisotopic (exact) mass is 414 g/mol. The van der Waals surface area contributed by atoms with Crippen LogP contribution in [0.2, 0.25) is 5.02 Å². The molecule has 1 aliphatic carbocycles. The van der Waals surface area contributed by atoms with E-state index in [0.29, 0.717) is 15.2 Å². The molecular weight excluding hydrogens is 399 g/mol. The minimum atomic E-state index is -0.470. The Morgan fingerprint density at radius 3 is 2.77 bits per heavy atom. The lowest BCUT2D eigenvalue weighted by atomic mass is 10.3. The highest BCUT2D eigenvalue weighted by atomic mass is 35.5. The Hall–Kier alpha value is -1.71. The highest BCUT2D eigenvalue weighted by Gasteiger charge is 2.34. The molecule has 2 amide bonds. The molecule has 1 aromatic carbocycles. The first-order valence-electron chi connectivity index (χ1n) is 7.91. The van der Waals surface area contributed by atoms with Crippen LogP contribution in [0.3, 0.4) is 0 Å². The fourth-order valence-corrected chi connectivity index (χ4v) is 4.57. The second-order valence-corrected chi connectivity index (χ2v) is 8.80. The van der Waals surface area contributed by atoms with Crippen molar-refractivity contribution in [2.45, 2.75) is 42.3 Å². The molecule has 1 fully saturated rings. The molecule has 1 atom stereocenters. The van der Waals surface area contributed by atoms with Crippen molar-refractivity contribution < 1.29 is 14.0 Å². The SMILES string of the molecule is CC(=O)N(c1nnc(SC(C)C(=O)Nc2ccc(F)cc2Cl)s1)C1CC1. The Morgan fingerprint density at radius 1 is 1.42 bits per heavy atom. The molecule has 138 valence electrons. The molecule has 6 nitrogen and oxygen atoms in total. The molecule has 0 spiro atoms. The van der Waals surface area contributed by atoms with Gasteiger partial charge in [-0.2, -0.15) is 0 Å². The van der Waals surface area contributed by atoms with Gasteiger partial charge in [-0.1, -0.05) is 34.7 Å². The molecule has 0 aliphatic heterocycles. The first-order chi connectivity index (χ1) is 12.3. The topological polar surface area (TPSA) is 75.2 Å². The van der Waals surface area contributed by atoms with Gasteiger partial charge < -0.3 is 5.32 Å². The molecule has 10 heteroatoms. The fourth-order valence-electron chi connectivity index (χ4n) is 2.26. The number of hydrogen-bond acceptors (Lipinski definition) is 6. The van der Waals surface area contributed by atoms with Crippen molar-refractivity contribution in [2.24, 2.45) is 0 Å². The Bertz CT molecular complexity index is 843. The summed E-state index contributed by atoms with van der Waals surface area (Å²) in [7, 11) is 0. The van der Waals surface area contributed by atoms with Crippen LogP contribution >= 0.6 is 34.7 Å². The van der Waals surface area contributed by atoms with E-state index in [2.05, 4.69) is 15.5 Å². The minimum absolute atomic E-state index is 0.0584. The number of carbonyl (C=O) groups excluding carboxylic acids is 2. The van der Waals surface area contributed by atoms with Gasteiger partial charge in [0.05, 0.1) is 16.0 Å². The molecule has 0 radical (unpaired) electrons. The number of halogens is 2. The molecule has 1 unspecified atom stereocenters. The fraction of sp³-hybridized carbons (Fsp3) is 0.375. The van der Waals surface area contributed by atoms with E-state index in [1.54, 1.807) is 11.8 Å². The summed E-state index contributed by atoms with van der Waals surface area (Å²) >= 11 is 8.45. The molecule has 0 bridgehead atoms. The highest BCUT2D eigenvalue weighted by Crippen LogP contribution is 2.37. The number of anilines is 2. The lowest BCUT2D eigenvalue weighted by Crippen LogP contribution is -2.30. The third-order valence-electron chi connectivity index (χ3n) is 3.69. The number of aromatic nitrogens is 2. The number of hydrogen-bond donors (Lipinski definition) is 1. The van der Waals surface area contributed by atoms with E-state index in [9.17, 15) is 14.0 Å². The molecule has 1 N–H and O–H groups in total. The van der Waals surface area contributed by atoms with E-state index in [-0.39, 0.29) is 22.9 Å². The van der Waals surface area contributed by atoms with E-state index in [4.69, 9.17) is 11.6 Å². The molecule has 1 aromatic heterocycles. The van der Waals surface area contributed by atoms with E-state index in [0.717, 1.165) is 18.9 Å². The van der Waals surface area contributed by atoms with Crippen molar-refractivity contribution in [1.82, 2.24) is 10.2 Å². The van der Waals surface area contributed by atoms with Gasteiger partial charge in [-0.05, 0) is 38.0 Å². The normalized spacial score (nSPS) is 14.8. The standard InChI is InChI=1S/C16H16ClFN4O2S2/c1-8(14(24)19-13-6-3-10(18)7-12(13)17)25-16-21-20-15(26-16)22(9(2)23)11-4-5-11/h3,6-8,11H,4-5H2,1-2H3,(H,19,24). The van der Waals surface area contributed by atoms with E-state index in [1.807, 2.05) is 0 Å². The van der Waals surface area contributed by atoms with Crippen LogP contribution in [0.1, 0.15) is 26.7 Å². The summed E-state index contributed by atoms with van der Waals surface area (Å²) in [5.74, 6) is -0.815. The van der Waals surface area contributed by atoms with Crippen molar-refractivity contribution in [3.8, 4) is 0 Å². The summed E-state index contributed by atoms with van der Waals surface area (Å²) in [6.45, 7) is 3.23. The summed E-state index contributed by atoms with van der Waals surface area (Å²) in [6.07, 6.45) is 1.94. The van der Waals surface area contributed by atoms with E-state index >= 15 is 0 Å². The maximum absolute atomic E-state index is 13.1. The largest absolute Gasteiger partial charge is 0.324 e. The first-order valence-corrected chi connectivity index (χ1v) is 9.98. The van der Waals surface area contributed by atoms with Crippen molar-refractivity contribution in [2.75, 3.05) is 10.2 Å². The van der Waals surface area contributed by atoms with Crippen LogP contribution in [-0.4, -0.2) is 33.3 Å². The predicted octanol–water partition coefficient (Wildman–Crippen LogP) is 3.97. The maximum Gasteiger partial charge on any atom is 0.237 e. The number of thioether (sulfide) groups is 1. The van der Waals surface area contributed by atoms with Gasteiger partial charge >= 0.3 is 0 Å².